The highest BCUT2D eigenvalue weighted by Crippen LogP contribution is 2.52. The number of rotatable bonds is 4. The molecule has 2 rings (SSSR count). The van der Waals surface area contributed by atoms with Gasteiger partial charge in [0.2, 0.25) is 0 Å². The smallest absolute Gasteiger partial charge is 0.354 e. The number of hydrogen-bond donors (Lipinski definition) is 2. The first kappa shape index (κ1) is 12.5. The number of carbonyl (C=O) groups is 2. The van der Waals surface area contributed by atoms with Gasteiger partial charge in [0.25, 0.3) is 5.91 Å². The fraction of sp³-hybridized carbons (Fsp3) is 0.400. The van der Waals surface area contributed by atoms with Crippen LogP contribution in [-0.2, 0) is 9.59 Å². The van der Waals surface area contributed by atoms with Crippen molar-refractivity contribution in [2.24, 2.45) is 5.73 Å². The fourth-order valence-electron chi connectivity index (χ4n) is 1.73. The Morgan fingerprint density at radius 1 is 1.71 bits per heavy atom. The maximum absolute atomic E-state index is 11.7. The number of carboxylic acids is 1. The van der Waals surface area contributed by atoms with Gasteiger partial charge in [-0.3, -0.25) is 9.69 Å². The lowest BCUT2D eigenvalue weighted by atomic mass is 10.1. The fourth-order valence-corrected chi connectivity index (χ4v) is 4.32. The number of nitrogens with two attached hydrogens (primary N) is 1. The summed E-state index contributed by atoms with van der Waals surface area (Å²) in [6.45, 7) is 2.27. The Kier molecular flexibility index (Phi) is 3.50. The summed E-state index contributed by atoms with van der Waals surface area (Å²) in [6, 6.07) is 0. The molecule has 92 valence electrons. The average Bonchev–Trinajstić information content (AvgIpc) is 2.62. The van der Waals surface area contributed by atoms with Crippen LogP contribution < -0.4 is 5.73 Å². The number of aliphatic carboxylic acids is 1. The van der Waals surface area contributed by atoms with E-state index in [0.29, 0.717) is 22.1 Å². The number of fused-ring (bicyclic) bond motifs is 1. The number of hydrogen-bond acceptors (Lipinski definition) is 5. The third-order valence-electron chi connectivity index (χ3n) is 2.48. The third-order valence-corrected chi connectivity index (χ3v) is 5.12. The second-order valence-corrected chi connectivity index (χ2v) is 5.92. The van der Waals surface area contributed by atoms with Crippen LogP contribution in [0.4, 0.5) is 0 Å². The monoisotopic (exact) mass is 272 g/mol. The Bertz CT molecular complexity index is 445. The van der Waals surface area contributed by atoms with Gasteiger partial charge in [-0.05, 0) is 6.92 Å². The molecule has 0 spiro atoms. The van der Waals surface area contributed by atoms with Crippen molar-refractivity contribution >= 4 is 35.4 Å². The van der Waals surface area contributed by atoms with Crippen LogP contribution in [0.3, 0.4) is 0 Å². The van der Waals surface area contributed by atoms with E-state index in [4.69, 9.17) is 10.8 Å². The van der Waals surface area contributed by atoms with Crippen molar-refractivity contribution in [2.45, 2.75) is 12.3 Å². The van der Waals surface area contributed by atoms with Crippen molar-refractivity contribution in [3.8, 4) is 0 Å². The highest BCUT2D eigenvalue weighted by atomic mass is 32.2. The number of thioether (sulfide) groups is 2. The molecule has 0 aromatic heterocycles. The molecule has 1 amide bonds. The third kappa shape index (κ3) is 1.88. The van der Waals surface area contributed by atoms with E-state index in [-0.39, 0.29) is 17.0 Å². The number of carbonyl (C=O) groups excluding carboxylic acids is 1. The summed E-state index contributed by atoms with van der Waals surface area (Å²) in [6.07, 6.45) is 1.74. The van der Waals surface area contributed by atoms with Gasteiger partial charge in [0.05, 0.1) is 4.24 Å². The lowest BCUT2D eigenvalue weighted by Crippen LogP contribution is -2.51. The number of carboxylic acid groups (broad SMARTS) is 1. The summed E-state index contributed by atoms with van der Waals surface area (Å²) < 4.78 is 0.679. The summed E-state index contributed by atoms with van der Waals surface area (Å²) in [5, 5.41) is 9.00. The molecule has 2 aliphatic heterocycles. The van der Waals surface area contributed by atoms with Gasteiger partial charge in [-0.25, -0.2) is 4.79 Å². The summed E-state index contributed by atoms with van der Waals surface area (Å²) in [7, 11) is 0. The minimum Gasteiger partial charge on any atom is -0.477 e. The molecule has 0 saturated carbocycles. The Morgan fingerprint density at radius 3 is 2.94 bits per heavy atom. The van der Waals surface area contributed by atoms with Gasteiger partial charge < -0.3 is 10.8 Å². The van der Waals surface area contributed by atoms with Gasteiger partial charge in [-0.15, -0.1) is 11.8 Å². The molecule has 5 nitrogen and oxygen atoms in total. The van der Waals surface area contributed by atoms with E-state index < -0.39 is 5.97 Å². The highest BCUT2D eigenvalue weighted by Gasteiger charge is 2.52. The zero-order valence-corrected chi connectivity index (χ0v) is 10.8. The Morgan fingerprint density at radius 2 is 2.41 bits per heavy atom. The van der Waals surface area contributed by atoms with Crippen molar-refractivity contribution in [3.63, 3.8) is 0 Å². The Balaban J connectivity index is 2.26. The summed E-state index contributed by atoms with van der Waals surface area (Å²) >= 11 is 2.81. The van der Waals surface area contributed by atoms with E-state index in [1.165, 1.54) is 28.4 Å². The maximum atomic E-state index is 11.7. The first-order valence-corrected chi connectivity index (χ1v) is 6.95. The standard InChI is InChI=1S/C10H12N2O3S2/c1-2-5-7(13)12-6(9(14)15)10(16-4-3-11)17-8(5)12/h2,8H,3-4,11H2,1H3,(H,14,15)/t8-/m0/s1. The first-order valence-electron chi connectivity index (χ1n) is 5.08. The molecule has 0 bridgehead atoms. The van der Waals surface area contributed by atoms with E-state index in [1.54, 1.807) is 13.0 Å². The molecule has 0 radical (unpaired) electrons. The molecule has 1 saturated heterocycles. The molecule has 0 aliphatic carbocycles. The van der Waals surface area contributed by atoms with Crippen molar-refractivity contribution in [2.75, 3.05) is 12.3 Å². The molecule has 2 heterocycles. The van der Waals surface area contributed by atoms with Crippen molar-refractivity contribution < 1.29 is 14.7 Å². The van der Waals surface area contributed by atoms with Crippen molar-refractivity contribution in [1.29, 1.82) is 0 Å². The van der Waals surface area contributed by atoms with Crippen molar-refractivity contribution in [3.05, 3.63) is 21.6 Å². The SMILES string of the molecule is CC=C1C(=O)N2C(C(=O)O)=C(SCCN)S[C@@H]12. The van der Waals surface area contributed by atoms with Gasteiger partial charge in [0.15, 0.2) is 5.70 Å². The molecular weight excluding hydrogens is 260 g/mol. The van der Waals surface area contributed by atoms with Gasteiger partial charge in [-0.2, -0.15) is 0 Å². The first-order chi connectivity index (χ1) is 8.11. The molecule has 17 heavy (non-hydrogen) atoms. The lowest BCUT2D eigenvalue weighted by molar-refractivity contribution is -0.141. The molecule has 0 unspecified atom stereocenters. The second kappa shape index (κ2) is 4.75. The number of nitrogens with zero attached hydrogens (tertiary/aromatic N) is 1. The minimum atomic E-state index is -1.05. The lowest BCUT2D eigenvalue weighted by Gasteiger charge is -2.36. The zero-order valence-electron chi connectivity index (χ0n) is 9.17. The summed E-state index contributed by atoms with van der Waals surface area (Å²) in [5.74, 6) is -0.604. The zero-order chi connectivity index (χ0) is 12.6. The maximum Gasteiger partial charge on any atom is 0.354 e. The Hall–Kier alpha value is -0.920. The van der Waals surface area contributed by atoms with Crippen LogP contribution in [0.1, 0.15) is 6.92 Å². The van der Waals surface area contributed by atoms with E-state index in [0.717, 1.165) is 0 Å². The van der Waals surface area contributed by atoms with Crippen LogP contribution in [0.25, 0.3) is 0 Å². The summed E-state index contributed by atoms with van der Waals surface area (Å²) in [5.41, 5.74) is 6.19. The van der Waals surface area contributed by atoms with Crippen molar-refractivity contribution in [1.82, 2.24) is 4.90 Å². The number of allylic oxidation sites excluding steroid dienone is 1. The van der Waals surface area contributed by atoms with Crippen LogP contribution in [-0.4, -0.2) is 39.6 Å². The van der Waals surface area contributed by atoms with E-state index in [9.17, 15) is 9.59 Å². The minimum absolute atomic E-state index is 0.106. The topological polar surface area (TPSA) is 83.6 Å². The Labute approximate surface area is 107 Å². The quantitative estimate of drug-likeness (QED) is 0.581. The molecule has 0 aromatic rings. The number of amides is 1. The van der Waals surface area contributed by atoms with Gasteiger partial charge >= 0.3 is 5.97 Å². The molecule has 7 heteroatoms. The molecule has 1 atom stereocenters. The van der Waals surface area contributed by atoms with E-state index in [2.05, 4.69) is 0 Å². The molecule has 2 aliphatic rings. The van der Waals surface area contributed by atoms with E-state index >= 15 is 0 Å². The normalized spacial score (nSPS) is 25.3. The van der Waals surface area contributed by atoms with Crippen LogP contribution in [0.2, 0.25) is 0 Å². The predicted molar refractivity (Wildman–Crippen MR) is 68.2 cm³/mol. The van der Waals surface area contributed by atoms with Gasteiger partial charge in [0.1, 0.15) is 5.37 Å². The van der Waals surface area contributed by atoms with Gasteiger partial charge in [-0.1, -0.05) is 17.8 Å². The molecule has 0 aromatic carbocycles. The van der Waals surface area contributed by atoms with Crippen LogP contribution in [0.5, 0.6) is 0 Å². The second-order valence-electron chi connectivity index (χ2n) is 3.47. The number of β-lactam (4-membered cyclic amide) rings is 1. The van der Waals surface area contributed by atoms with Crippen LogP contribution in [0.15, 0.2) is 21.6 Å². The van der Waals surface area contributed by atoms with Crippen LogP contribution in [0, 0.1) is 0 Å². The predicted octanol–water partition coefficient (Wildman–Crippen LogP) is 0.793. The van der Waals surface area contributed by atoms with Gasteiger partial charge in [0, 0.05) is 17.9 Å². The van der Waals surface area contributed by atoms with Crippen LogP contribution >= 0.6 is 23.5 Å². The largest absolute Gasteiger partial charge is 0.477 e. The average molecular weight is 272 g/mol. The summed E-state index contributed by atoms with van der Waals surface area (Å²) in [4.78, 5) is 24.2. The highest BCUT2D eigenvalue weighted by molar-refractivity contribution is 8.22. The van der Waals surface area contributed by atoms with E-state index in [1.807, 2.05) is 0 Å². The molecule has 3 N–H and O–H groups in total. The molecular formula is C10H12N2O3S2. The molecule has 1 fully saturated rings.